The lowest BCUT2D eigenvalue weighted by atomic mass is 10.3. The number of hydrogen-bond acceptors (Lipinski definition) is 3. The van der Waals surface area contributed by atoms with Crippen molar-refractivity contribution in [1.82, 2.24) is 4.37 Å². The molecule has 0 aliphatic rings. The number of nitrogens with zero attached hydrogens (tertiary/aromatic N) is 4. The van der Waals surface area contributed by atoms with Crippen molar-refractivity contribution in [3.05, 3.63) is 27.1 Å². The van der Waals surface area contributed by atoms with Crippen LogP contribution in [0.15, 0.2) is 10.5 Å². The fraction of sp³-hybridized carbons (Fsp3) is 0.200. The Labute approximate surface area is 66.5 Å². The number of carbonyl (C=O) groups is 1. The molecule has 0 bridgehead atoms. The summed E-state index contributed by atoms with van der Waals surface area (Å²) in [5.41, 5.74) is 8.93. The van der Waals surface area contributed by atoms with Gasteiger partial charge in [-0.1, -0.05) is 0 Å². The number of azide groups is 1. The van der Waals surface area contributed by atoms with Gasteiger partial charge in [0.1, 0.15) is 0 Å². The Morgan fingerprint density at radius 1 is 1.91 bits per heavy atom. The number of carbonyl (C=O) groups excluding carboxylic acids is 1. The van der Waals surface area contributed by atoms with Crippen LogP contribution in [0.3, 0.4) is 0 Å². The van der Waals surface area contributed by atoms with Crippen LogP contribution in [0.4, 0.5) is 0 Å². The Hall–Kier alpha value is -1.39. The zero-order valence-corrected chi connectivity index (χ0v) is 6.50. The van der Waals surface area contributed by atoms with Gasteiger partial charge in [0.2, 0.25) is 0 Å². The van der Waals surface area contributed by atoms with Gasteiger partial charge in [-0.3, -0.25) is 4.79 Å². The summed E-state index contributed by atoms with van der Waals surface area (Å²) in [7, 11) is 0. The minimum Gasteiger partial charge on any atom is -0.287 e. The summed E-state index contributed by atoms with van der Waals surface area (Å²) in [4.78, 5) is 13.3. The molecule has 0 aliphatic carbocycles. The molecular weight excluding hydrogens is 164 g/mol. The van der Waals surface area contributed by atoms with E-state index in [9.17, 15) is 4.79 Å². The first kappa shape index (κ1) is 7.71. The predicted molar refractivity (Wildman–Crippen MR) is 40.3 cm³/mol. The lowest BCUT2D eigenvalue weighted by Crippen LogP contribution is -1.92. The summed E-state index contributed by atoms with van der Waals surface area (Å²) in [6, 6.07) is 0. The summed E-state index contributed by atoms with van der Waals surface area (Å²) < 4.78 is 3.86. The third-order valence-electron chi connectivity index (χ3n) is 1.12. The van der Waals surface area contributed by atoms with E-state index in [1.807, 2.05) is 0 Å². The van der Waals surface area contributed by atoms with E-state index in [2.05, 4.69) is 14.4 Å². The second kappa shape index (κ2) is 3.14. The predicted octanol–water partition coefficient (Wildman–Crippen LogP) is 1.90. The second-order valence-corrected chi connectivity index (χ2v) is 2.44. The standard InChI is InChI=1S/C5H4N4OS/c1-3-4(2-11-8-3)5(10)7-9-6/h2H,1H3. The average Bonchev–Trinajstić information content (AvgIpc) is 2.36. The summed E-state index contributed by atoms with van der Waals surface area (Å²) in [6.45, 7) is 1.69. The molecule has 6 heteroatoms. The molecule has 1 rings (SSSR count). The van der Waals surface area contributed by atoms with Gasteiger partial charge in [-0.05, 0) is 29.1 Å². The first-order valence-electron chi connectivity index (χ1n) is 2.76. The van der Waals surface area contributed by atoms with E-state index in [0.29, 0.717) is 11.3 Å². The molecule has 5 nitrogen and oxygen atoms in total. The van der Waals surface area contributed by atoms with Crippen LogP contribution in [0.5, 0.6) is 0 Å². The van der Waals surface area contributed by atoms with Crippen LogP contribution >= 0.6 is 11.5 Å². The van der Waals surface area contributed by atoms with E-state index in [-0.39, 0.29) is 0 Å². The molecule has 0 saturated carbocycles. The first-order chi connectivity index (χ1) is 5.25. The van der Waals surface area contributed by atoms with Gasteiger partial charge in [0.05, 0.1) is 11.3 Å². The van der Waals surface area contributed by atoms with E-state index >= 15 is 0 Å². The number of hydrogen-bond donors (Lipinski definition) is 0. The van der Waals surface area contributed by atoms with Gasteiger partial charge in [0, 0.05) is 10.3 Å². The van der Waals surface area contributed by atoms with Crippen LogP contribution in [0.25, 0.3) is 10.4 Å². The quantitative estimate of drug-likeness (QED) is 0.364. The van der Waals surface area contributed by atoms with Crippen molar-refractivity contribution in [3.8, 4) is 0 Å². The molecule has 1 heterocycles. The lowest BCUT2D eigenvalue weighted by molar-refractivity contribution is 0.1000. The number of aryl methyl sites for hydroxylation is 1. The molecule has 0 spiro atoms. The maximum atomic E-state index is 10.9. The smallest absolute Gasteiger partial charge is 0.251 e. The molecule has 0 fully saturated rings. The van der Waals surface area contributed by atoms with Gasteiger partial charge in [-0.2, -0.15) is 4.37 Å². The normalized spacial score (nSPS) is 8.82. The van der Waals surface area contributed by atoms with Crippen molar-refractivity contribution in [1.29, 1.82) is 0 Å². The summed E-state index contributed by atoms with van der Waals surface area (Å²) in [5, 5.41) is 4.50. The molecule has 1 aromatic rings. The average molecular weight is 168 g/mol. The molecule has 0 atom stereocenters. The zero-order chi connectivity index (χ0) is 8.27. The molecule has 0 N–H and O–H groups in total. The van der Waals surface area contributed by atoms with Crippen molar-refractivity contribution < 1.29 is 4.79 Å². The summed E-state index contributed by atoms with van der Waals surface area (Å²) in [6.07, 6.45) is 0. The van der Waals surface area contributed by atoms with Gasteiger partial charge in [0.15, 0.2) is 0 Å². The number of rotatable bonds is 1. The van der Waals surface area contributed by atoms with Crippen molar-refractivity contribution in [2.24, 2.45) is 5.11 Å². The Kier molecular flexibility index (Phi) is 2.20. The maximum absolute atomic E-state index is 10.9. The molecule has 0 saturated heterocycles. The molecule has 0 aliphatic heterocycles. The van der Waals surface area contributed by atoms with E-state index in [4.69, 9.17) is 5.53 Å². The zero-order valence-electron chi connectivity index (χ0n) is 5.68. The highest BCUT2D eigenvalue weighted by Gasteiger charge is 2.07. The van der Waals surface area contributed by atoms with Gasteiger partial charge >= 0.3 is 0 Å². The first-order valence-corrected chi connectivity index (χ1v) is 3.59. The number of amides is 1. The summed E-state index contributed by atoms with van der Waals surface area (Å²) >= 11 is 1.17. The highest BCUT2D eigenvalue weighted by atomic mass is 32.1. The van der Waals surface area contributed by atoms with E-state index in [1.165, 1.54) is 11.5 Å². The molecular formula is C5H4N4OS. The topological polar surface area (TPSA) is 78.7 Å². The second-order valence-electron chi connectivity index (χ2n) is 1.81. The molecule has 0 aromatic carbocycles. The fourth-order valence-corrected chi connectivity index (χ4v) is 1.28. The third kappa shape index (κ3) is 1.54. The minimum atomic E-state index is -0.571. The van der Waals surface area contributed by atoms with Crippen LogP contribution in [0.2, 0.25) is 0 Å². The molecule has 1 amide bonds. The lowest BCUT2D eigenvalue weighted by Gasteiger charge is -1.86. The van der Waals surface area contributed by atoms with Crippen molar-refractivity contribution in [2.75, 3.05) is 0 Å². The highest BCUT2D eigenvalue weighted by Crippen LogP contribution is 2.10. The molecule has 0 unspecified atom stereocenters. The van der Waals surface area contributed by atoms with Crippen LogP contribution in [0, 0.1) is 6.92 Å². The van der Waals surface area contributed by atoms with Crippen LogP contribution in [0.1, 0.15) is 16.1 Å². The summed E-state index contributed by atoms with van der Waals surface area (Å²) in [5.74, 6) is -0.571. The molecule has 1 aromatic heterocycles. The molecule has 56 valence electrons. The van der Waals surface area contributed by atoms with E-state index in [0.717, 1.165) is 0 Å². The van der Waals surface area contributed by atoms with Gasteiger partial charge < -0.3 is 0 Å². The van der Waals surface area contributed by atoms with Gasteiger partial charge in [0.25, 0.3) is 5.91 Å². The van der Waals surface area contributed by atoms with Crippen molar-refractivity contribution >= 4 is 17.4 Å². The Morgan fingerprint density at radius 2 is 2.64 bits per heavy atom. The molecule has 0 radical (unpaired) electrons. The van der Waals surface area contributed by atoms with Crippen LogP contribution in [-0.4, -0.2) is 10.3 Å². The van der Waals surface area contributed by atoms with Gasteiger partial charge in [-0.25, -0.2) is 0 Å². The highest BCUT2D eigenvalue weighted by molar-refractivity contribution is 7.03. The van der Waals surface area contributed by atoms with E-state index < -0.39 is 5.91 Å². The maximum Gasteiger partial charge on any atom is 0.251 e. The number of aromatic nitrogens is 1. The fourth-order valence-electron chi connectivity index (χ4n) is 0.592. The Bertz CT molecular complexity index is 325. The molecule has 11 heavy (non-hydrogen) atoms. The Morgan fingerprint density at radius 3 is 3.09 bits per heavy atom. The minimum absolute atomic E-state index is 0.382. The van der Waals surface area contributed by atoms with Gasteiger partial charge in [-0.15, -0.1) is 0 Å². The van der Waals surface area contributed by atoms with Crippen molar-refractivity contribution in [2.45, 2.75) is 6.92 Å². The SMILES string of the molecule is Cc1nscc1C(=O)N=[N+]=[N-]. The Balaban J connectivity index is 3.02. The van der Waals surface area contributed by atoms with Crippen molar-refractivity contribution in [3.63, 3.8) is 0 Å². The third-order valence-corrected chi connectivity index (χ3v) is 1.84. The van der Waals surface area contributed by atoms with Crippen LogP contribution in [-0.2, 0) is 0 Å². The van der Waals surface area contributed by atoms with E-state index in [1.54, 1.807) is 12.3 Å². The largest absolute Gasteiger partial charge is 0.287 e. The monoisotopic (exact) mass is 168 g/mol. The van der Waals surface area contributed by atoms with Crippen LogP contribution < -0.4 is 0 Å².